The van der Waals surface area contributed by atoms with E-state index < -0.39 is 0 Å². The summed E-state index contributed by atoms with van der Waals surface area (Å²) in [5.41, 5.74) is 0. The van der Waals surface area contributed by atoms with Crippen LogP contribution in [0.4, 0.5) is 0 Å². The molecule has 0 bridgehead atoms. The van der Waals surface area contributed by atoms with Crippen molar-refractivity contribution in [3.63, 3.8) is 0 Å². The van der Waals surface area contributed by atoms with E-state index in [2.05, 4.69) is 20.8 Å². The molecule has 0 fully saturated rings. The smallest absolute Gasteiger partial charge is 0.161 e. The molecule has 0 radical (unpaired) electrons. The Hall–Kier alpha value is -1.18. The van der Waals surface area contributed by atoms with Gasteiger partial charge < -0.3 is 9.47 Å². The Morgan fingerprint density at radius 1 is 0.929 bits per heavy atom. The van der Waals surface area contributed by atoms with Gasteiger partial charge in [-0.15, -0.1) is 0 Å². The van der Waals surface area contributed by atoms with E-state index in [9.17, 15) is 0 Å². The highest BCUT2D eigenvalue weighted by molar-refractivity contribution is 5.40. The molecular formula is C12H18O2. The van der Waals surface area contributed by atoms with Crippen molar-refractivity contribution in [3.8, 4) is 11.5 Å². The Morgan fingerprint density at radius 2 is 1.29 bits per heavy atom. The largest absolute Gasteiger partial charge is 0.486 e. The average Bonchev–Trinajstić information content (AvgIpc) is 2.17. The fraction of sp³-hybridized carbons (Fsp3) is 0.500. The first kappa shape index (κ1) is 10.9. The zero-order chi connectivity index (χ0) is 10.4. The van der Waals surface area contributed by atoms with Crippen LogP contribution >= 0.6 is 0 Å². The number of fused-ring (bicyclic) bond motifs is 1. The van der Waals surface area contributed by atoms with Crippen molar-refractivity contribution in [2.24, 2.45) is 5.92 Å². The second kappa shape index (κ2) is 5.53. The number of ether oxygens (including phenoxy) is 2. The Morgan fingerprint density at radius 3 is 1.64 bits per heavy atom. The van der Waals surface area contributed by atoms with Crippen LogP contribution in [-0.2, 0) is 0 Å². The summed E-state index contributed by atoms with van der Waals surface area (Å²) in [4.78, 5) is 0. The summed E-state index contributed by atoms with van der Waals surface area (Å²) >= 11 is 0. The SMILES string of the molecule is CC(C)C.c1ccc2c(c1)OCCO2. The van der Waals surface area contributed by atoms with Crippen LogP contribution in [0.3, 0.4) is 0 Å². The predicted octanol–water partition coefficient (Wildman–Crippen LogP) is 3.12. The molecule has 0 amide bonds. The maximum Gasteiger partial charge on any atom is 0.161 e. The maximum atomic E-state index is 5.30. The molecule has 1 aromatic carbocycles. The third-order valence-electron chi connectivity index (χ3n) is 1.45. The molecule has 1 aliphatic heterocycles. The summed E-state index contributed by atoms with van der Waals surface area (Å²) in [5.74, 6) is 2.54. The number of rotatable bonds is 0. The van der Waals surface area contributed by atoms with Gasteiger partial charge in [0.1, 0.15) is 13.2 Å². The highest BCUT2D eigenvalue weighted by Gasteiger charge is 2.07. The Bertz CT molecular complexity index is 241. The predicted molar refractivity (Wildman–Crippen MR) is 57.9 cm³/mol. The lowest BCUT2D eigenvalue weighted by molar-refractivity contribution is 0.171. The monoisotopic (exact) mass is 194 g/mol. The van der Waals surface area contributed by atoms with E-state index in [4.69, 9.17) is 9.47 Å². The van der Waals surface area contributed by atoms with Gasteiger partial charge in [0.15, 0.2) is 11.5 Å². The normalized spacial score (nSPS) is 13.1. The highest BCUT2D eigenvalue weighted by Crippen LogP contribution is 2.28. The molecule has 1 heterocycles. The van der Waals surface area contributed by atoms with Crippen LogP contribution < -0.4 is 9.47 Å². The quantitative estimate of drug-likeness (QED) is 0.631. The van der Waals surface area contributed by atoms with Gasteiger partial charge in [-0.2, -0.15) is 0 Å². The molecule has 2 heteroatoms. The Labute approximate surface area is 85.8 Å². The molecule has 0 aromatic heterocycles. The molecule has 0 atom stereocenters. The number of hydrogen-bond acceptors (Lipinski definition) is 2. The highest BCUT2D eigenvalue weighted by atomic mass is 16.6. The zero-order valence-corrected chi connectivity index (χ0v) is 9.12. The van der Waals surface area contributed by atoms with Gasteiger partial charge in [-0.3, -0.25) is 0 Å². The fourth-order valence-corrected chi connectivity index (χ4v) is 0.992. The van der Waals surface area contributed by atoms with Crippen molar-refractivity contribution in [3.05, 3.63) is 24.3 Å². The van der Waals surface area contributed by atoms with E-state index in [0.717, 1.165) is 17.4 Å². The van der Waals surface area contributed by atoms with Gasteiger partial charge >= 0.3 is 0 Å². The van der Waals surface area contributed by atoms with Crippen molar-refractivity contribution in [2.45, 2.75) is 20.8 Å². The number of para-hydroxylation sites is 2. The van der Waals surface area contributed by atoms with Crippen LogP contribution in [0.2, 0.25) is 0 Å². The van der Waals surface area contributed by atoms with Gasteiger partial charge in [-0.1, -0.05) is 32.9 Å². The lowest BCUT2D eigenvalue weighted by atomic mass is 10.3. The molecule has 0 N–H and O–H groups in total. The minimum absolute atomic E-state index is 0.664. The maximum absolute atomic E-state index is 5.30. The molecule has 2 rings (SSSR count). The Balaban J connectivity index is 0.000000213. The van der Waals surface area contributed by atoms with Crippen molar-refractivity contribution < 1.29 is 9.47 Å². The summed E-state index contributed by atoms with van der Waals surface area (Å²) in [6.45, 7) is 7.83. The first-order valence-corrected chi connectivity index (χ1v) is 5.04. The molecule has 2 nitrogen and oxygen atoms in total. The molecule has 0 spiro atoms. The standard InChI is InChI=1S/C8H8O2.C4H10/c1-2-4-8-7(3-1)9-5-6-10-8;1-4(2)3/h1-4H,5-6H2;4H,1-3H3. The minimum atomic E-state index is 0.664. The van der Waals surface area contributed by atoms with E-state index in [1.807, 2.05) is 24.3 Å². The zero-order valence-electron chi connectivity index (χ0n) is 9.12. The molecule has 1 aliphatic rings. The van der Waals surface area contributed by atoms with E-state index in [-0.39, 0.29) is 0 Å². The molecule has 14 heavy (non-hydrogen) atoms. The van der Waals surface area contributed by atoms with Crippen LogP contribution in [-0.4, -0.2) is 13.2 Å². The van der Waals surface area contributed by atoms with E-state index in [1.54, 1.807) is 0 Å². The van der Waals surface area contributed by atoms with E-state index >= 15 is 0 Å². The van der Waals surface area contributed by atoms with Crippen molar-refractivity contribution in [1.29, 1.82) is 0 Å². The third kappa shape index (κ3) is 3.69. The lowest BCUT2D eigenvalue weighted by Crippen LogP contribution is -2.14. The van der Waals surface area contributed by atoms with Crippen molar-refractivity contribution in [1.82, 2.24) is 0 Å². The third-order valence-corrected chi connectivity index (χ3v) is 1.45. The van der Waals surface area contributed by atoms with Crippen molar-refractivity contribution in [2.75, 3.05) is 13.2 Å². The molecule has 0 saturated heterocycles. The van der Waals surface area contributed by atoms with Crippen LogP contribution in [0.15, 0.2) is 24.3 Å². The number of hydrogen-bond donors (Lipinski definition) is 0. The van der Waals surface area contributed by atoms with Crippen LogP contribution in [0.5, 0.6) is 11.5 Å². The summed E-state index contributed by atoms with van der Waals surface area (Å²) in [5, 5.41) is 0. The van der Waals surface area contributed by atoms with Crippen LogP contribution in [0, 0.1) is 5.92 Å². The topological polar surface area (TPSA) is 18.5 Å². The molecule has 78 valence electrons. The van der Waals surface area contributed by atoms with E-state index in [1.165, 1.54) is 0 Å². The van der Waals surface area contributed by atoms with Gasteiger partial charge in [0, 0.05) is 0 Å². The first-order valence-electron chi connectivity index (χ1n) is 5.04. The molecule has 1 aromatic rings. The summed E-state index contributed by atoms with van der Waals surface area (Å²) in [6, 6.07) is 7.70. The fourth-order valence-electron chi connectivity index (χ4n) is 0.992. The number of benzene rings is 1. The van der Waals surface area contributed by atoms with Gasteiger partial charge in [0.2, 0.25) is 0 Å². The molecule has 0 saturated carbocycles. The van der Waals surface area contributed by atoms with Crippen molar-refractivity contribution >= 4 is 0 Å². The van der Waals surface area contributed by atoms with Gasteiger partial charge in [-0.05, 0) is 18.1 Å². The average molecular weight is 194 g/mol. The molecular weight excluding hydrogens is 176 g/mol. The van der Waals surface area contributed by atoms with E-state index in [0.29, 0.717) is 13.2 Å². The van der Waals surface area contributed by atoms with Gasteiger partial charge in [0.05, 0.1) is 0 Å². The second-order valence-corrected chi connectivity index (χ2v) is 3.88. The van der Waals surface area contributed by atoms with Gasteiger partial charge in [0.25, 0.3) is 0 Å². The molecule has 0 aliphatic carbocycles. The Kier molecular flexibility index (Phi) is 4.30. The first-order chi connectivity index (χ1) is 6.70. The summed E-state index contributed by atoms with van der Waals surface area (Å²) < 4.78 is 10.6. The van der Waals surface area contributed by atoms with Crippen LogP contribution in [0.1, 0.15) is 20.8 Å². The second-order valence-electron chi connectivity index (χ2n) is 3.88. The van der Waals surface area contributed by atoms with Gasteiger partial charge in [-0.25, -0.2) is 0 Å². The van der Waals surface area contributed by atoms with Crippen LogP contribution in [0.25, 0.3) is 0 Å². The lowest BCUT2D eigenvalue weighted by Gasteiger charge is -2.17. The summed E-state index contributed by atoms with van der Waals surface area (Å²) in [6.07, 6.45) is 0. The molecule has 0 unspecified atom stereocenters. The minimum Gasteiger partial charge on any atom is -0.486 e. The summed E-state index contributed by atoms with van der Waals surface area (Å²) in [7, 11) is 0.